The Morgan fingerprint density at radius 3 is 1.74 bits per heavy atom. The Kier molecular flexibility index (Phi) is 6.38. The van der Waals surface area contributed by atoms with Crippen molar-refractivity contribution in [1.82, 2.24) is 15.0 Å². The minimum Gasteiger partial charge on any atom is -0.208 e. The molecule has 0 bridgehead atoms. The van der Waals surface area contributed by atoms with Crippen molar-refractivity contribution in [2.45, 2.75) is 0 Å². The van der Waals surface area contributed by atoms with Crippen LogP contribution in [0.3, 0.4) is 0 Å². The predicted molar refractivity (Wildman–Crippen MR) is 232 cm³/mol. The van der Waals surface area contributed by atoms with Gasteiger partial charge in [0.1, 0.15) is 0 Å². The molecule has 0 spiro atoms. The second-order valence-corrected chi connectivity index (χ2v) is 16.0. The zero-order valence-electron chi connectivity index (χ0n) is 28.7. The molecular formula is C49H27N3S2. The van der Waals surface area contributed by atoms with Crippen molar-refractivity contribution in [3.8, 4) is 34.2 Å². The van der Waals surface area contributed by atoms with E-state index in [1.165, 1.54) is 78.0 Å². The van der Waals surface area contributed by atoms with Gasteiger partial charge in [-0.1, -0.05) is 146 Å². The molecule has 0 atom stereocenters. The zero-order chi connectivity index (χ0) is 35.3. The summed E-state index contributed by atoms with van der Waals surface area (Å²) in [5.41, 5.74) is 3.02. The first-order valence-electron chi connectivity index (χ1n) is 18.1. The quantitative estimate of drug-likeness (QED) is 0.171. The standard InChI is InChI=1S/C49H27N3S2/c1-2-13-28(14-3-1)47-50-48(38-22-12-24-40-42(38)36-21-10-11-23-39(36)53-40)52-49(51-47)45-30-16-5-4-15-29(30)27-41-44(45)37-26-25-35-33-19-7-6-17-31(33)32-18-8-9-20-34(32)43(35)46(37)54-41/h1-27H. The van der Waals surface area contributed by atoms with Gasteiger partial charge in [0.25, 0.3) is 0 Å². The Labute approximate surface area is 317 Å². The smallest absolute Gasteiger partial charge is 0.165 e. The van der Waals surface area contributed by atoms with Crippen molar-refractivity contribution in [2.24, 2.45) is 0 Å². The first kappa shape index (κ1) is 30.0. The fourth-order valence-electron chi connectivity index (χ4n) is 8.56. The van der Waals surface area contributed by atoms with E-state index >= 15 is 0 Å². The Hall–Kier alpha value is -6.53. The fraction of sp³-hybridized carbons (Fsp3) is 0. The topological polar surface area (TPSA) is 38.7 Å². The van der Waals surface area contributed by atoms with E-state index in [9.17, 15) is 0 Å². The van der Waals surface area contributed by atoms with Crippen LogP contribution in [0.4, 0.5) is 0 Å². The van der Waals surface area contributed by atoms with Gasteiger partial charge in [-0.15, -0.1) is 22.7 Å². The number of thiophene rings is 2. The average Bonchev–Trinajstić information content (AvgIpc) is 3.81. The van der Waals surface area contributed by atoms with Gasteiger partial charge in [0.05, 0.1) is 0 Å². The molecule has 0 aliphatic heterocycles. The maximum Gasteiger partial charge on any atom is 0.165 e. The summed E-state index contributed by atoms with van der Waals surface area (Å²) >= 11 is 3.68. The Morgan fingerprint density at radius 2 is 0.926 bits per heavy atom. The summed E-state index contributed by atoms with van der Waals surface area (Å²) < 4.78 is 4.98. The molecule has 0 fully saturated rings. The van der Waals surface area contributed by atoms with E-state index in [1.807, 2.05) is 40.9 Å². The van der Waals surface area contributed by atoms with Gasteiger partial charge in [-0.2, -0.15) is 0 Å². The predicted octanol–water partition coefficient (Wildman–Crippen LogP) is 14.2. The molecule has 0 unspecified atom stereocenters. The van der Waals surface area contributed by atoms with Crippen LogP contribution in [0.2, 0.25) is 0 Å². The van der Waals surface area contributed by atoms with Gasteiger partial charge in [-0.25, -0.2) is 15.0 Å². The van der Waals surface area contributed by atoms with E-state index in [1.54, 1.807) is 0 Å². The number of nitrogens with zero attached hydrogens (tertiary/aromatic N) is 3. The van der Waals surface area contributed by atoms with Crippen molar-refractivity contribution in [1.29, 1.82) is 0 Å². The monoisotopic (exact) mass is 721 g/mol. The lowest BCUT2D eigenvalue weighted by Crippen LogP contribution is -2.01. The molecule has 0 N–H and O–H groups in total. The number of aromatic nitrogens is 3. The van der Waals surface area contributed by atoms with Gasteiger partial charge in [-0.3, -0.25) is 0 Å². The van der Waals surface area contributed by atoms with Gasteiger partial charge in [0, 0.05) is 62.4 Å². The minimum atomic E-state index is 0.663. The van der Waals surface area contributed by atoms with E-state index < -0.39 is 0 Å². The lowest BCUT2D eigenvalue weighted by molar-refractivity contribution is 1.08. The third-order valence-corrected chi connectivity index (χ3v) is 13.2. The summed E-state index contributed by atoms with van der Waals surface area (Å²) in [7, 11) is 0. The molecule has 0 amide bonds. The SMILES string of the molecule is c1ccc(-c2nc(-c3cccc4sc5ccccc5c34)nc(-c3c4ccccc4cc4sc5c(ccc6c7ccccc7c7ccccc7c65)c34)n2)cc1. The fourth-order valence-corrected chi connectivity index (χ4v) is 11.0. The third kappa shape index (κ3) is 4.31. The van der Waals surface area contributed by atoms with E-state index in [-0.39, 0.29) is 0 Å². The number of rotatable bonds is 3. The van der Waals surface area contributed by atoms with Crippen LogP contribution in [-0.2, 0) is 0 Å². The van der Waals surface area contributed by atoms with Crippen LogP contribution in [0.1, 0.15) is 0 Å². The number of fused-ring (bicyclic) bond motifs is 14. The van der Waals surface area contributed by atoms with E-state index in [4.69, 9.17) is 15.0 Å². The summed E-state index contributed by atoms with van der Waals surface area (Å²) in [5, 5.41) is 14.8. The molecule has 12 aromatic rings. The van der Waals surface area contributed by atoms with E-state index in [2.05, 4.69) is 146 Å². The van der Waals surface area contributed by atoms with Crippen LogP contribution < -0.4 is 0 Å². The molecular weight excluding hydrogens is 695 g/mol. The van der Waals surface area contributed by atoms with Crippen LogP contribution >= 0.6 is 22.7 Å². The first-order valence-corrected chi connectivity index (χ1v) is 19.7. The summed E-state index contributed by atoms with van der Waals surface area (Å²) in [6, 6.07) is 58.8. The molecule has 9 aromatic carbocycles. The van der Waals surface area contributed by atoms with E-state index in [0.29, 0.717) is 17.5 Å². The Balaban J connectivity index is 1.23. The van der Waals surface area contributed by atoms with E-state index in [0.717, 1.165) is 22.1 Å². The molecule has 0 aliphatic carbocycles. The Bertz CT molecular complexity index is 3470. The summed E-state index contributed by atoms with van der Waals surface area (Å²) in [4.78, 5) is 16.1. The molecule has 3 aromatic heterocycles. The maximum atomic E-state index is 5.46. The molecule has 5 heteroatoms. The Morgan fingerprint density at radius 1 is 0.333 bits per heavy atom. The third-order valence-electron chi connectivity index (χ3n) is 10.9. The lowest BCUT2D eigenvalue weighted by Gasteiger charge is -2.13. The highest BCUT2D eigenvalue weighted by atomic mass is 32.1. The van der Waals surface area contributed by atoms with Crippen LogP contribution in [0.25, 0.3) is 118 Å². The minimum absolute atomic E-state index is 0.663. The average molecular weight is 722 g/mol. The van der Waals surface area contributed by atoms with Gasteiger partial charge >= 0.3 is 0 Å². The number of hydrogen-bond donors (Lipinski definition) is 0. The molecule has 3 heterocycles. The lowest BCUT2D eigenvalue weighted by atomic mass is 9.92. The maximum absolute atomic E-state index is 5.46. The van der Waals surface area contributed by atoms with Crippen LogP contribution in [0.15, 0.2) is 164 Å². The van der Waals surface area contributed by atoms with Crippen LogP contribution in [-0.4, -0.2) is 15.0 Å². The second-order valence-electron chi connectivity index (χ2n) is 13.9. The molecule has 3 nitrogen and oxygen atoms in total. The molecule has 0 saturated carbocycles. The molecule has 0 saturated heterocycles. The van der Waals surface area contributed by atoms with Gasteiger partial charge in [0.2, 0.25) is 0 Å². The highest BCUT2D eigenvalue weighted by Gasteiger charge is 2.23. The molecule has 12 rings (SSSR count). The number of hydrogen-bond acceptors (Lipinski definition) is 5. The summed E-state index contributed by atoms with van der Waals surface area (Å²) in [5.74, 6) is 2.02. The van der Waals surface area contributed by atoms with Crippen LogP contribution in [0.5, 0.6) is 0 Å². The first-order chi connectivity index (χ1) is 26.8. The van der Waals surface area contributed by atoms with Gasteiger partial charge in [0.15, 0.2) is 17.5 Å². The van der Waals surface area contributed by atoms with Crippen molar-refractivity contribution in [3.05, 3.63) is 164 Å². The summed E-state index contributed by atoms with van der Waals surface area (Å²) in [6.07, 6.45) is 0. The summed E-state index contributed by atoms with van der Waals surface area (Å²) in [6.45, 7) is 0. The molecule has 0 aliphatic rings. The molecule has 54 heavy (non-hydrogen) atoms. The highest BCUT2D eigenvalue weighted by molar-refractivity contribution is 7.27. The van der Waals surface area contributed by atoms with Crippen molar-refractivity contribution in [3.63, 3.8) is 0 Å². The van der Waals surface area contributed by atoms with Crippen LogP contribution in [0, 0.1) is 0 Å². The van der Waals surface area contributed by atoms with Gasteiger partial charge in [-0.05, 0) is 55.9 Å². The normalized spacial score (nSPS) is 12.1. The van der Waals surface area contributed by atoms with Crippen molar-refractivity contribution < 1.29 is 0 Å². The largest absolute Gasteiger partial charge is 0.208 e. The number of benzene rings is 9. The molecule has 0 radical (unpaired) electrons. The second kappa shape index (κ2) is 11.5. The van der Waals surface area contributed by atoms with Crippen molar-refractivity contribution >= 4 is 106 Å². The van der Waals surface area contributed by atoms with Gasteiger partial charge < -0.3 is 0 Å². The molecule has 250 valence electrons. The zero-order valence-corrected chi connectivity index (χ0v) is 30.4. The van der Waals surface area contributed by atoms with Crippen molar-refractivity contribution in [2.75, 3.05) is 0 Å². The highest BCUT2D eigenvalue weighted by Crippen LogP contribution is 2.49.